The molecule has 0 radical (unpaired) electrons. The van der Waals surface area contributed by atoms with E-state index >= 15 is 0 Å². The van der Waals surface area contributed by atoms with Crippen molar-refractivity contribution >= 4 is 26.9 Å². The van der Waals surface area contributed by atoms with Crippen LogP contribution in [0.2, 0.25) is 0 Å². The second-order valence-corrected chi connectivity index (χ2v) is 14.4. The van der Waals surface area contributed by atoms with Crippen molar-refractivity contribution in [2.45, 2.75) is 77.7 Å². The van der Waals surface area contributed by atoms with Crippen molar-refractivity contribution in [1.82, 2.24) is 13.9 Å². The third-order valence-corrected chi connectivity index (χ3v) is 8.19. The lowest BCUT2D eigenvalue weighted by Gasteiger charge is -2.28. The first-order chi connectivity index (χ1) is 18.0. The average Bonchev–Trinajstić information content (AvgIpc) is 3.22. The zero-order chi connectivity index (χ0) is 28.8. The molecule has 0 unspecified atom stereocenters. The summed E-state index contributed by atoms with van der Waals surface area (Å²) in [4.78, 5) is 22.2. The zero-order valence-electron chi connectivity index (χ0n) is 23.9. The van der Waals surface area contributed by atoms with E-state index in [-0.39, 0.29) is 16.3 Å². The highest BCUT2D eigenvalue weighted by Crippen LogP contribution is 2.34. The SMILES string of the molecule is CC(C)(C)OC(=O)C(C)(C)Cc1cc2cc(-c3cc(C(C)(C)C)ccn3)n(S(=O)(=O)c3ccccc3)c2cn1. The smallest absolute Gasteiger partial charge is 0.312 e. The Morgan fingerprint density at radius 3 is 2.18 bits per heavy atom. The van der Waals surface area contributed by atoms with Gasteiger partial charge in [-0.15, -0.1) is 0 Å². The summed E-state index contributed by atoms with van der Waals surface area (Å²) in [6.45, 7) is 15.5. The van der Waals surface area contributed by atoms with Crippen LogP contribution >= 0.6 is 0 Å². The lowest BCUT2D eigenvalue weighted by molar-refractivity contribution is -0.165. The molecule has 4 rings (SSSR count). The van der Waals surface area contributed by atoms with Gasteiger partial charge in [-0.05, 0) is 82.0 Å². The van der Waals surface area contributed by atoms with Crippen LogP contribution in [0.1, 0.15) is 66.6 Å². The number of hydrogen-bond acceptors (Lipinski definition) is 6. The maximum absolute atomic E-state index is 14.0. The molecule has 8 heteroatoms. The molecule has 0 aliphatic rings. The number of fused-ring (bicyclic) bond motifs is 1. The van der Waals surface area contributed by atoms with Crippen molar-refractivity contribution in [3.05, 3.63) is 78.2 Å². The van der Waals surface area contributed by atoms with Gasteiger partial charge in [0.1, 0.15) is 5.60 Å². The molecule has 3 aromatic heterocycles. The van der Waals surface area contributed by atoms with Gasteiger partial charge < -0.3 is 4.74 Å². The van der Waals surface area contributed by atoms with Gasteiger partial charge in [0, 0.05) is 23.7 Å². The van der Waals surface area contributed by atoms with E-state index in [1.165, 1.54) is 3.97 Å². The molecule has 206 valence electrons. The molecule has 0 bridgehead atoms. The van der Waals surface area contributed by atoms with Crippen LogP contribution in [-0.4, -0.2) is 33.9 Å². The number of carbonyl (C=O) groups is 1. The van der Waals surface area contributed by atoms with Crippen LogP contribution in [0.4, 0.5) is 0 Å². The minimum atomic E-state index is -3.97. The maximum atomic E-state index is 14.0. The monoisotopic (exact) mass is 547 g/mol. The molecule has 0 amide bonds. The Labute approximate surface area is 231 Å². The summed E-state index contributed by atoms with van der Waals surface area (Å²) in [6.07, 6.45) is 3.61. The highest BCUT2D eigenvalue weighted by molar-refractivity contribution is 7.90. The Bertz CT molecular complexity index is 1620. The van der Waals surface area contributed by atoms with E-state index in [1.54, 1.807) is 42.7 Å². The molecule has 0 aliphatic carbocycles. The van der Waals surface area contributed by atoms with Gasteiger partial charge in [0.25, 0.3) is 10.0 Å². The number of esters is 1. The topological polar surface area (TPSA) is 91.1 Å². The fraction of sp³-hybridized carbons (Fsp3) is 0.387. The molecule has 7 nitrogen and oxygen atoms in total. The average molecular weight is 548 g/mol. The van der Waals surface area contributed by atoms with E-state index < -0.39 is 21.0 Å². The molecular formula is C31H37N3O4S. The van der Waals surface area contributed by atoms with Crippen molar-refractivity contribution in [1.29, 1.82) is 0 Å². The number of aromatic nitrogens is 3. The van der Waals surface area contributed by atoms with Crippen molar-refractivity contribution in [3.63, 3.8) is 0 Å². The number of carbonyl (C=O) groups excluding carboxylic acids is 1. The molecule has 0 atom stereocenters. The van der Waals surface area contributed by atoms with Crippen LogP contribution in [0.25, 0.3) is 22.3 Å². The van der Waals surface area contributed by atoms with Gasteiger partial charge in [-0.25, -0.2) is 12.4 Å². The normalized spacial score (nSPS) is 13.0. The van der Waals surface area contributed by atoms with Gasteiger partial charge in [-0.3, -0.25) is 14.8 Å². The van der Waals surface area contributed by atoms with Crippen molar-refractivity contribution in [2.24, 2.45) is 5.41 Å². The van der Waals surface area contributed by atoms with E-state index in [9.17, 15) is 13.2 Å². The predicted molar refractivity (Wildman–Crippen MR) is 154 cm³/mol. The molecule has 39 heavy (non-hydrogen) atoms. The highest BCUT2D eigenvalue weighted by Gasteiger charge is 2.34. The molecule has 0 saturated carbocycles. The number of pyridine rings is 2. The van der Waals surface area contributed by atoms with Crippen molar-refractivity contribution < 1.29 is 17.9 Å². The van der Waals surface area contributed by atoms with E-state index in [0.717, 1.165) is 5.56 Å². The predicted octanol–water partition coefficient (Wildman–Crippen LogP) is 6.54. The molecule has 0 saturated heterocycles. The molecule has 0 fully saturated rings. The summed E-state index contributed by atoms with van der Waals surface area (Å²) in [6, 6.07) is 15.9. The largest absolute Gasteiger partial charge is 0.460 e. The van der Waals surface area contributed by atoms with Crippen molar-refractivity contribution in [3.8, 4) is 11.4 Å². The van der Waals surface area contributed by atoms with Crippen molar-refractivity contribution in [2.75, 3.05) is 0 Å². The first-order valence-corrected chi connectivity index (χ1v) is 14.4. The molecule has 0 N–H and O–H groups in total. The molecular weight excluding hydrogens is 510 g/mol. The maximum Gasteiger partial charge on any atom is 0.312 e. The summed E-state index contributed by atoms with van der Waals surface area (Å²) in [7, 11) is -3.97. The lowest BCUT2D eigenvalue weighted by atomic mass is 9.87. The van der Waals surface area contributed by atoms with E-state index in [4.69, 9.17) is 4.74 Å². The van der Waals surface area contributed by atoms with Crippen LogP contribution in [0.15, 0.2) is 71.9 Å². The fourth-order valence-corrected chi connectivity index (χ4v) is 5.87. The highest BCUT2D eigenvalue weighted by atomic mass is 32.2. The number of rotatable bonds is 6. The van der Waals surface area contributed by atoms with Crippen LogP contribution in [0, 0.1) is 5.41 Å². The standard InChI is InChI=1S/C31H37N3O4S/c1-29(2,3)22-14-15-32-25(18-22)26-17-21-16-23(19-31(7,8)28(35)38-30(4,5)6)33-20-27(21)34(26)39(36,37)24-12-10-9-11-13-24/h9-18,20H,19H2,1-8H3. The third kappa shape index (κ3) is 6.06. The Morgan fingerprint density at radius 2 is 1.56 bits per heavy atom. The molecule has 0 spiro atoms. The van der Waals surface area contributed by atoms with Gasteiger partial charge >= 0.3 is 5.97 Å². The zero-order valence-corrected chi connectivity index (χ0v) is 24.8. The van der Waals surface area contributed by atoms with Gasteiger partial charge in [0.2, 0.25) is 0 Å². The number of benzene rings is 1. The van der Waals surface area contributed by atoms with E-state index in [0.29, 0.717) is 34.4 Å². The van der Waals surface area contributed by atoms with Crippen LogP contribution in [0.3, 0.4) is 0 Å². The van der Waals surface area contributed by atoms with Crippen LogP contribution < -0.4 is 0 Å². The quantitative estimate of drug-likeness (QED) is 0.255. The Kier molecular flexibility index (Phi) is 7.23. The van der Waals surface area contributed by atoms with E-state index in [1.807, 2.05) is 58.9 Å². The van der Waals surface area contributed by atoms with Gasteiger partial charge in [0.15, 0.2) is 0 Å². The molecule has 3 heterocycles. The molecule has 1 aromatic carbocycles. The molecule has 4 aromatic rings. The van der Waals surface area contributed by atoms with Crippen LogP contribution in [-0.2, 0) is 31.4 Å². The summed E-state index contributed by atoms with van der Waals surface area (Å²) in [5, 5.41) is 0.692. The Hall–Kier alpha value is -3.52. The summed E-state index contributed by atoms with van der Waals surface area (Å²) < 4.78 is 34.9. The number of nitrogens with zero attached hydrogens (tertiary/aromatic N) is 3. The number of ether oxygens (including phenoxy) is 1. The van der Waals surface area contributed by atoms with Gasteiger partial charge in [-0.2, -0.15) is 0 Å². The van der Waals surface area contributed by atoms with Gasteiger partial charge in [0.05, 0.1) is 33.4 Å². The van der Waals surface area contributed by atoms with E-state index in [2.05, 4.69) is 30.7 Å². The third-order valence-electron chi connectivity index (χ3n) is 6.44. The first kappa shape index (κ1) is 28.5. The Morgan fingerprint density at radius 1 is 0.897 bits per heavy atom. The lowest BCUT2D eigenvalue weighted by Crippen LogP contribution is -2.35. The molecule has 0 aliphatic heterocycles. The minimum Gasteiger partial charge on any atom is -0.460 e. The summed E-state index contributed by atoms with van der Waals surface area (Å²) >= 11 is 0. The fourth-order valence-electron chi connectivity index (χ4n) is 4.34. The number of hydrogen-bond donors (Lipinski definition) is 0. The second kappa shape index (κ2) is 9.90. The minimum absolute atomic E-state index is 0.144. The Balaban J connectivity index is 1.88. The first-order valence-electron chi connectivity index (χ1n) is 13.0. The van der Waals surface area contributed by atoms with Gasteiger partial charge in [-0.1, -0.05) is 39.0 Å². The summed E-state index contributed by atoms with van der Waals surface area (Å²) in [5.74, 6) is -0.315. The van der Waals surface area contributed by atoms with Crippen LogP contribution in [0.5, 0.6) is 0 Å². The second-order valence-electron chi connectivity index (χ2n) is 12.6. The summed E-state index contributed by atoms with van der Waals surface area (Å²) in [5.41, 5.74) is 1.58.